The quantitative estimate of drug-likeness (QED) is 0.875. The summed E-state index contributed by atoms with van der Waals surface area (Å²) in [6, 6.07) is 3.20. The van der Waals surface area contributed by atoms with Crippen molar-refractivity contribution in [3.8, 4) is 0 Å². The number of likely N-dealkylation sites (N-methyl/N-ethyl adjacent to an activating group) is 1. The SMILES string of the molecule is CN1CCCC(n2c(N)nc3cc(Cl)c(F)cc32)C1. The number of rotatable bonds is 1. The molecule has 1 aliphatic heterocycles. The van der Waals surface area contributed by atoms with Gasteiger partial charge in [0, 0.05) is 18.7 Å². The Morgan fingerprint density at radius 1 is 1.47 bits per heavy atom. The van der Waals surface area contributed by atoms with Crippen LogP contribution in [0, 0.1) is 5.82 Å². The zero-order chi connectivity index (χ0) is 13.6. The fourth-order valence-corrected chi connectivity index (χ4v) is 3.00. The third kappa shape index (κ3) is 2.17. The van der Waals surface area contributed by atoms with Crippen LogP contribution in [0.3, 0.4) is 0 Å². The molecule has 1 unspecified atom stereocenters. The molecule has 2 heterocycles. The Kier molecular flexibility index (Phi) is 3.11. The maximum Gasteiger partial charge on any atom is 0.201 e. The van der Waals surface area contributed by atoms with Gasteiger partial charge in [-0.1, -0.05) is 11.6 Å². The second kappa shape index (κ2) is 4.65. The molecule has 0 aliphatic carbocycles. The Balaban J connectivity index is 2.12. The summed E-state index contributed by atoms with van der Waals surface area (Å²) >= 11 is 5.78. The zero-order valence-electron chi connectivity index (χ0n) is 10.7. The van der Waals surface area contributed by atoms with E-state index in [4.69, 9.17) is 17.3 Å². The molecule has 1 atom stereocenters. The number of likely N-dealkylation sites (tertiary alicyclic amines) is 1. The molecule has 4 nitrogen and oxygen atoms in total. The lowest BCUT2D eigenvalue weighted by Gasteiger charge is -2.31. The van der Waals surface area contributed by atoms with Crippen molar-refractivity contribution in [3.63, 3.8) is 0 Å². The Labute approximate surface area is 116 Å². The summed E-state index contributed by atoms with van der Waals surface area (Å²) in [6.07, 6.45) is 2.14. The van der Waals surface area contributed by atoms with Gasteiger partial charge in [0.2, 0.25) is 5.95 Å². The third-order valence-electron chi connectivity index (χ3n) is 3.72. The van der Waals surface area contributed by atoms with E-state index in [1.54, 1.807) is 0 Å². The topological polar surface area (TPSA) is 47.1 Å². The van der Waals surface area contributed by atoms with E-state index in [-0.39, 0.29) is 11.1 Å². The molecule has 0 bridgehead atoms. The molecule has 2 aromatic rings. The van der Waals surface area contributed by atoms with Crippen molar-refractivity contribution < 1.29 is 4.39 Å². The highest BCUT2D eigenvalue weighted by Gasteiger charge is 2.23. The summed E-state index contributed by atoms with van der Waals surface area (Å²) in [4.78, 5) is 6.54. The molecule has 0 saturated carbocycles. The number of piperidine rings is 1. The molecule has 1 aliphatic rings. The fraction of sp³-hybridized carbons (Fsp3) is 0.462. The van der Waals surface area contributed by atoms with Gasteiger partial charge in [0.25, 0.3) is 0 Å². The van der Waals surface area contributed by atoms with Gasteiger partial charge in [-0.05, 0) is 32.5 Å². The number of hydrogen-bond donors (Lipinski definition) is 1. The smallest absolute Gasteiger partial charge is 0.201 e. The van der Waals surface area contributed by atoms with E-state index in [1.165, 1.54) is 12.1 Å². The van der Waals surface area contributed by atoms with Gasteiger partial charge in [0.05, 0.1) is 16.1 Å². The van der Waals surface area contributed by atoms with E-state index in [9.17, 15) is 4.39 Å². The van der Waals surface area contributed by atoms with Crippen molar-refractivity contribution in [1.29, 1.82) is 0 Å². The summed E-state index contributed by atoms with van der Waals surface area (Å²) in [6.45, 7) is 1.99. The molecule has 3 rings (SSSR count). The van der Waals surface area contributed by atoms with Crippen molar-refractivity contribution in [3.05, 3.63) is 23.0 Å². The van der Waals surface area contributed by atoms with Crippen LogP contribution in [-0.2, 0) is 0 Å². The summed E-state index contributed by atoms with van der Waals surface area (Å²) in [5, 5.41) is 0.0814. The van der Waals surface area contributed by atoms with Crippen molar-refractivity contribution in [2.24, 2.45) is 0 Å². The number of hydrogen-bond acceptors (Lipinski definition) is 3. The molecule has 0 amide bonds. The molecule has 19 heavy (non-hydrogen) atoms. The summed E-state index contributed by atoms with van der Waals surface area (Å²) in [7, 11) is 2.08. The van der Waals surface area contributed by atoms with Gasteiger partial charge < -0.3 is 15.2 Å². The van der Waals surface area contributed by atoms with Crippen molar-refractivity contribution >= 4 is 28.6 Å². The average Bonchev–Trinajstić information content (AvgIpc) is 2.65. The number of benzene rings is 1. The Hall–Kier alpha value is -1.33. The first-order chi connectivity index (χ1) is 9.06. The molecule has 1 aromatic heterocycles. The zero-order valence-corrected chi connectivity index (χ0v) is 11.5. The van der Waals surface area contributed by atoms with Crippen molar-refractivity contribution in [2.45, 2.75) is 18.9 Å². The molecule has 102 valence electrons. The van der Waals surface area contributed by atoms with Crippen LogP contribution in [0.15, 0.2) is 12.1 Å². The monoisotopic (exact) mass is 282 g/mol. The second-order valence-electron chi connectivity index (χ2n) is 5.15. The number of nitrogen functional groups attached to an aromatic ring is 1. The normalized spacial score (nSPS) is 21.1. The molecular weight excluding hydrogens is 267 g/mol. The molecule has 2 N–H and O–H groups in total. The molecular formula is C13H16ClFN4. The minimum Gasteiger partial charge on any atom is -0.369 e. The minimum absolute atomic E-state index is 0.0814. The molecule has 1 saturated heterocycles. The highest BCUT2D eigenvalue weighted by atomic mass is 35.5. The van der Waals surface area contributed by atoms with Crippen LogP contribution in [0.25, 0.3) is 11.0 Å². The van der Waals surface area contributed by atoms with Crippen LogP contribution in [0.2, 0.25) is 5.02 Å². The van der Waals surface area contributed by atoms with Gasteiger partial charge in [-0.15, -0.1) is 0 Å². The molecule has 0 spiro atoms. The Morgan fingerprint density at radius 3 is 3.00 bits per heavy atom. The van der Waals surface area contributed by atoms with E-state index in [1.807, 2.05) is 4.57 Å². The lowest BCUT2D eigenvalue weighted by atomic mass is 10.1. The number of anilines is 1. The van der Waals surface area contributed by atoms with E-state index in [2.05, 4.69) is 16.9 Å². The van der Waals surface area contributed by atoms with Crippen LogP contribution >= 0.6 is 11.6 Å². The predicted molar refractivity (Wildman–Crippen MR) is 74.9 cm³/mol. The van der Waals surface area contributed by atoms with Gasteiger partial charge in [0.1, 0.15) is 5.82 Å². The lowest BCUT2D eigenvalue weighted by Crippen LogP contribution is -2.33. The fourth-order valence-electron chi connectivity index (χ4n) is 2.84. The predicted octanol–water partition coefficient (Wildman–Crippen LogP) is 2.68. The van der Waals surface area contributed by atoms with Crippen LogP contribution in [0.1, 0.15) is 18.9 Å². The Bertz CT molecular complexity index is 625. The Morgan fingerprint density at radius 2 is 2.26 bits per heavy atom. The second-order valence-corrected chi connectivity index (χ2v) is 5.56. The van der Waals surface area contributed by atoms with E-state index >= 15 is 0 Å². The average molecular weight is 283 g/mol. The number of fused-ring (bicyclic) bond motifs is 1. The molecule has 1 aromatic carbocycles. The van der Waals surface area contributed by atoms with Gasteiger partial charge >= 0.3 is 0 Å². The van der Waals surface area contributed by atoms with Crippen LogP contribution in [0.5, 0.6) is 0 Å². The van der Waals surface area contributed by atoms with Crippen molar-refractivity contribution in [1.82, 2.24) is 14.5 Å². The highest BCUT2D eigenvalue weighted by Crippen LogP contribution is 2.31. The van der Waals surface area contributed by atoms with Gasteiger partial charge in [-0.3, -0.25) is 0 Å². The van der Waals surface area contributed by atoms with Crippen LogP contribution in [-0.4, -0.2) is 34.6 Å². The van der Waals surface area contributed by atoms with Crippen molar-refractivity contribution in [2.75, 3.05) is 25.9 Å². The van der Waals surface area contributed by atoms with Gasteiger partial charge in [0.15, 0.2) is 0 Å². The van der Waals surface area contributed by atoms with E-state index in [0.717, 1.165) is 31.4 Å². The number of nitrogens with two attached hydrogens (primary N) is 1. The number of nitrogens with zero attached hydrogens (tertiary/aromatic N) is 3. The van der Waals surface area contributed by atoms with Crippen LogP contribution in [0.4, 0.5) is 10.3 Å². The standard InChI is InChI=1S/C13H16ClFN4/c1-18-4-2-3-8(7-18)19-12-6-10(15)9(14)5-11(12)17-13(19)16/h5-6,8H,2-4,7H2,1H3,(H2,16,17). The van der Waals surface area contributed by atoms with Gasteiger partial charge in [-0.2, -0.15) is 0 Å². The number of aromatic nitrogens is 2. The van der Waals surface area contributed by atoms with Gasteiger partial charge in [-0.25, -0.2) is 9.37 Å². The molecule has 6 heteroatoms. The largest absolute Gasteiger partial charge is 0.369 e. The number of halogens is 2. The number of imidazole rings is 1. The molecule has 0 radical (unpaired) electrons. The first kappa shape index (κ1) is 12.7. The van der Waals surface area contributed by atoms with Crippen LogP contribution < -0.4 is 5.73 Å². The lowest BCUT2D eigenvalue weighted by molar-refractivity contribution is 0.216. The first-order valence-electron chi connectivity index (χ1n) is 6.37. The van der Waals surface area contributed by atoms with E-state index < -0.39 is 5.82 Å². The summed E-state index contributed by atoms with van der Waals surface area (Å²) < 4.78 is 15.6. The molecule has 1 fully saturated rings. The minimum atomic E-state index is -0.431. The first-order valence-corrected chi connectivity index (χ1v) is 6.75. The summed E-state index contributed by atoms with van der Waals surface area (Å²) in [5.74, 6) is -0.00329. The maximum atomic E-state index is 13.7. The third-order valence-corrected chi connectivity index (χ3v) is 4.01. The van der Waals surface area contributed by atoms with E-state index in [0.29, 0.717) is 11.5 Å². The highest BCUT2D eigenvalue weighted by molar-refractivity contribution is 6.31. The summed E-state index contributed by atoms with van der Waals surface area (Å²) in [5.41, 5.74) is 7.37. The maximum absolute atomic E-state index is 13.7.